The van der Waals surface area contributed by atoms with Crippen molar-refractivity contribution in [2.24, 2.45) is 0 Å². The number of benzene rings is 1. The first kappa shape index (κ1) is 14.7. The van der Waals surface area contributed by atoms with Gasteiger partial charge in [-0.15, -0.1) is 0 Å². The maximum atomic E-state index is 5.91. The molecule has 116 valence electrons. The molecule has 0 aliphatic carbocycles. The van der Waals surface area contributed by atoms with Crippen LogP contribution in [0.15, 0.2) is 18.2 Å². The molecule has 21 heavy (non-hydrogen) atoms. The number of hydrogen-bond acceptors (Lipinski definition) is 3. The van der Waals surface area contributed by atoms with Gasteiger partial charge in [0.25, 0.3) is 0 Å². The molecule has 3 N–H and O–H groups in total. The second-order valence-electron chi connectivity index (χ2n) is 6.87. The number of quaternary nitrogens is 1. The van der Waals surface area contributed by atoms with E-state index in [0.29, 0.717) is 0 Å². The number of nitrogens with one attached hydrogen (secondary N) is 1. The smallest absolute Gasteiger partial charge is 0.0911 e. The fraction of sp³-hybridized carbons (Fsp3) is 0.647. The monoisotopic (exact) mass is 289 g/mol. The van der Waals surface area contributed by atoms with E-state index in [1.54, 1.807) is 0 Å². The second kappa shape index (κ2) is 6.24. The lowest BCUT2D eigenvalue weighted by atomic mass is 10.1. The van der Waals surface area contributed by atoms with Crippen LogP contribution in [0.1, 0.15) is 18.4 Å². The number of likely N-dealkylation sites (N-methyl/N-ethyl adjacent to an activating group) is 1. The summed E-state index contributed by atoms with van der Waals surface area (Å²) in [5, 5.41) is 3.62. The Labute approximate surface area is 128 Å². The molecule has 1 aromatic rings. The van der Waals surface area contributed by atoms with Crippen molar-refractivity contribution < 1.29 is 4.48 Å². The summed E-state index contributed by atoms with van der Waals surface area (Å²) < 4.78 is 1.26. The van der Waals surface area contributed by atoms with Crippen molar-refractivity contribution in [3.05, 3.63) is 23.8 Å². The first-order chi connectivity index (χ1) is 10.2. The van der Waals surface area contributed by atoms with Gasteiger partial charge in [0.05, 0.1) is 26.7 Å². The highest BCUT2D eigenvalue weighted by Gasteiger charge is 2.25. The van der Waals surface area contributed by atoms with Crippen LogP contribution < -0.4 is 16.0 Å². The highest BCUT2D eigenvalue weighted by molar-refractivity contribution is 5.64. The number of anilines is 2. The second-order valence-corrected chi connectivity index (χ2v) is 6.87. The fourth-order valence-corrected chi connectivity index (χ4v) is 3.71. The zero-order valence-electron chi connectivity index (χ0n) is 13.3. The van der Waals surface area contributed by atoms with Crippen molar-refractivity contribution in [2.45, 2.75) is 19.3 Å². The molecular formula is C17H29N4+. The summed E-state index contributed by atoms with van der Waals surface area (Å²) in [5.41, 5.74) is 9.57. The molecule has 0 radical (unpaired) electrons. The number of nitrogens with zero attached hydrogens (tertiary/aromatic N) is 2. The minimum atomic E-state index is 0.875. The summed E-state index contributed by atoms with van der Waals surface area (Å²) in [7, 11) is 2.40. The van der Waals surface area contributed by atoms with E-state index >= 15 is 0 Å². The Morgan fingerprint density at radius 2 is 2.05 bits per heavy atom. The summed E-state index contributed by atoms with van der Waals surface area (Å²) in [4.78, 5) is 2.46. The summed E-state index contributed by atoms with van der Waals surface area (Å²) in [5.74, 6) is 0. The molecule has 4 heteroatoms. The van der Waals surface area contributed by atoms with Crippen molar-refractivity contribution in [1.29, 1.82) is 0 Å². The highest BCUT2D eigenvalue weighted by atomic mass is 15.3. The Bertz CT molecular complexity index is 480. The van der Waals surface area contributed by atoms with Gasteiger partial charge in [0, 0.05) is 50.4 Å². The van der Waals surface area contributed by atoms with Gasteiger partial charge < -0.3 is 20.4 Å². The number of nitrogens with two attached hydrogens (primary N) is 1. The van der Waals surface area contributed by atoms with Crippen LogP contribution in [0.25, 0.3) is 0 Å². The van der Waals surface area contributed by atoms with Crippen molar-refractivity contribution in [1.82, 2.24) is 5.32 Å². The van der Waals surface area contributed by atoms with Crippen molar-refractivity contribution in [3.63, 3.8) is 0 Å². The molecule has 0 unspecified atom stereocenters. The highest BCUT2D eigenvalue weighted by Crippen LogP contribution is 2.29. The molecule has 0 aromatic heterocycles. The minimum Gasteiger partial charge on any atom is -0.399 e. The first-order valence-corrected chi connectivity index (χ1v) is 8.34. The predicted molar refractivity (Wildman–Crippen MR) is 89.7 cm³/mol. The van der Waals surface area contributed by atoms with E-state index < -0.39 is 0 Å². The Morgan fingerprint density at radius 3 is 2.86 bits per heavy atom. The summed E-state index contributed by atoms with van der Waals surface area (Å²) in [6, 6.07) is 6.32. The van der Waals surface area contributed by atoms with Gasteiger partial charge in [-0.05, 0) is 24.1 Å². The van der Waals surface area contributed by atoms with Gasteiger partial charge in [0.2, 0.25) is 0 Å². The van der Waals surface area contributed by atoms with E-state index in [4.69, 9.17) is 5.73 Å². The van der Waals surface area contributed by atoms with Crippen LogP contribution in [0, 0.1) is 0 Å². The Kier molecular flexibility index (Phi) is 4.36. The van der Waals surface area contributed by atoms with Gasteiger partial charge in [0.15, 0.2) is 0 Å². The standard InChI is InChI=1S/C17H29N4/c1-21(11-2-3-12-21)13-8-19-7-10-20-9-6-15-4-5-16(18)14-17(15)20/h4-5,14,19H,2-3,6-13,18H2,1H3/q+1. The molecule has 0 saturated carbocycles. The molecule has 0 spiro atoms. The Morgan fingerprint density at radius 1 is 1.24 bits per heavy atom. The van der Waals surface area contributed by atoms with E-state index in [1.165, 1.54) is 48.2 Å². The molecule has 1 fully saturated rings. The molecule has 2 aliphatic rings. The normalized spacial score (nSPS) is 20.0. The molecule has 3 rings (SSSR count). The number of hydrogen-bond donors (Lipinski definition) is 2. The zero-order chi connectivity index (χ0) is 14.7. The average molecular weight is 289 g/mol. The lowest BCUT2D eigenvalue weighted by molar-refractivity contribution is -0.896. The van der Waals surface area contributed by atoms with Crippen LogP contribution in [0.5, 0.6) is 0 Å². The van der Waals surface area contributed by atoms with Crippen LogP contribution in [0.4, 0.5) is 11.4 Å². The molecule has 0 atom stereocenters. The average Bonchev–Trinajstić information content (AvgIpc) is 3.06. The molecule has 2 aliphatic heterocycles. The van der Waals surface area contributed by atoms with Crippen molar-refractivity contribution in [2.75, 3.05) is 63.5 Å². The molecular weight excluding hydrogens is 260 g/mol. The lowest BCUT2D eigenvalue weighted by Crippen LogP contribution is -2.46. The Balaban J connectivity index is 1.40. The molecule has 0 bridgehead atoms. The van der Waals surface area contributed by atoms with Gasteiger partial charge in [-0.25, -0.2) is 0 Å². The molecule has 4 nitrogen and oxygen atoms in total. The van der Waals surface area contributed by atoms with Gasteiger partial charge in [-0.1, -0.05) is 6.07 Å². The van der Waals surface area contributed by atoms with E-state index in [9.17, 15) is 0 Å². The van der Waals surface area contributed by atoms with Crippen LogP contribution in [-0.2, 0) is 6.42 Å². The quantitative estimate of drug-likeness (QED) is 0.473. The first-order valence-electron chi connectivity index (χ1n) is 8.34. The number of fused-ring (bicyclic) bond motifs is 1. The van der Waals surface area contributed by atoms with Crippen molar-refractivity contribution in [3.8, 4) is 0 Å². The predicted octanol–water partition coefficient (Wildman–Crippen LogP) is 1.46. The third kappa shape index (κ3) is 3.50. The summed E-state index contributed by atoms with van der Waals surface area (Å²) in [6.45, 7) is 8.40. The SMILES string of the molecule is C[N+]1(CCNCCN2CCc3ccc(N)cc32)CCCC1. The molecule has 2 heterocycles. The van der Waals surface area contributed by atoms with E-state index in [-0.39, 0.29) is 0 Å². The summed E-state index contributed by atoms with van der Waals surface area (Å²) in [6.07, 6.45) is 3.97. The van der Waals surface area contributed by atoms with Gasteiger partial charge in [-0.3, -0.25) is 0 Å². The van der Waals surface area contributed by atoms with Gasteiger partial charge >= 0.3 is 0 Å². The third-order valence-electron chi connectivity index (χ3n) is 5.13. The molecule has 1 saturated heterocycles. The van der Waals surface area contributed by atoms with Gasteiger partial charge in [-0.2, -0.15) is 0 Å². The fourth-order valence-electron chi connectivity index (χ4n) is 3.71. The van der Waals surface area contributed by atoms with E-state index in [1.807, 2.05) is 6.07 Å². The third-order valence-corrected chi connectivity index (χ3v) is 5.13. The molecule has 1 aromatic carbocycles. The number of rotatable bonds is 6. The topological polar surface area (TPSA) is 41.3 Å². The summed E-state index contributed by atoms with van der Waals surface area (Å²) >= 11 is 0. The van der Waals surface area contributed by atoms with Gasteiger partial charge in [0.1, 0.15) is 0 Å². The minimum absolute atomic E-state index is 0.875. The number of likely N-dealkylation sites (tertiary alicyclic amines) is 1. The largest absolute Gasteiger partial charge is 0.399 e. The maximum absolute atomic E-state index is 5.91. The lowest BCUT2D eigenvalue weighted by Gasteiger charge is -2.29. The van der Waals surface area contributed by atoms with E-state index in [2.05, 4.69) is 29.4 Å². The number of nitrogen functional groups attached to an aromatic ring is 1. The van der Waals surface area contributed by atoms with Crippen LogP contribution in [-0.4, -0.2) is 57.3 Å². The van der Waals surface area contributed by atoms with E-state index in [0.717, 1.165) is 38.3 Å². The maximum Gasteiger partial charge on any atom is 0.0911 e. The van der Waals surface area contributed by atoms with Crippen LogP contribution in [0.3, 0.4) is 0 Å². The Hall–Kier alpha value is -1.26. The molecule has 0 amide bonds. The van der Waals surface area contributed by atoms with Crippen LogP contribution >= 0.6 is 0 Å². The van der Waals surface area contributed by atoms with Crippen molar-refractivity contribution >= 4 is 11.4 Å². The van der Waals surface area contributed by atoms with Crippen LogP contribution in [0.2, 0.25) is 0 Å². The zero-order valence-corrected chi connectivity index (χ0v) is 13.3.